The summed E-state index contributed by atoms with van der Waals surface area (Å²) in [5, 5.41) is 0. The molecule has 0 heterocycles. The largest absolute Gasteiger partial charge is 0.362 e. The maximum Gasteiger partial charge on any atom is 0.196 e. The van der Waals surface area contributed by atoms with Crippen molar-refractivity contribution in [2.75, 3.05) is 0 Å². The molecule has 22 heavy (non-hydrogen) atoms. The highest BCUT2D eigenvalue weighted by Crippen LogP contribution is 2.26. The second kappa shape index (κ2) is 8.50. The van der Waals surface area contributed by atoms with Crippen LogP contribution in [0.15, 0.2) is 60.7 Å². The maximum atomic E-state index is 12.9. The molecule has 0 aliphatic carbocycles. The second-order valence-electron chi connectivity index (χ2n) is 5.48. The zero-order valence-electron chi connectivity index (χ0n) is 13.4. The van der Waals surface area contributed by atoms with Crippen LogP contribution in [0.4, 0.5) is 0 Å². The van der Waals surface area contributed by atoms with Gasteiger partial charge in [0.05, 0.1) is 6.10 Å². The summed E-state index contributed by atoms with van der Waals surface area (Å²) in [6.07, 6.45) is 2.53. The number of ketones is 1. The quantitative estimate of drug-likeness (QED) is 0.625. The molecule has 0 amide bonds. The van der Waals surface area contributed by atoms with E-state index in [1.807, 2.05) is 60.7 Å². The molecule has 2 aromatic carbocycles. The molecule has 0 saturated heterocycles. The number of Topliss-reactive ketones (excluding diaryl/α,β-unsaturated/α-hetero) is 1. The van der Waals surface area contributed by atoms with Gasteiger partial charge in [0.15, 0.2) is 5.78 Å². The number of benzene rings is 2. The summed E-state index contributed by atoms with van der Waals surface area (Å²) in [5.74, 6) is 0.0290. The van der Waals surface area contributed by atoms with E-state index in [1.165, 1.54) is 0 Å². The van der Waals surface area contributed by atoms with Gasteiger partial charge in [0.1, 0.15) is 6.10 Å². The number of hydrogen-bond acceptors (Lipinski definition) is 2. The standard InChI is InChI=1S/C20H24O2/c1-3-11-18(4-2)22-20(17-14-9-6-10-15-17)19(21)16-12-7-5-8-13-16/h5-10,12-15,18,20H,3-4,11H2,1-2H3. The minimum absolute atomic E-state index is 0.0290. The molecule has 0 spiro atoms. The molecular weight excluding hydrogens is 272 g/mol. The molecule has 2 atom stereocenters. The lowest BCUT2D eigenvalue weighted by molar-refractivity contribution is -0.00981. The fourth-order valence-corrected chi connectivity index (χ4v) is 2.56. The lowest BCUT2D eigenvalue weighted by atomic mass is 9.99. The molecule has 116 valence electrons. The van der Waals surface area contributed by atoms with Crippen LogP contribution in [0.2, 0.25) is 0 Å². The van der Waals surface area contributed by atoms with Crippen molar-refractivity contribution in [1.29, 1.82) is 0 Å². The molecular formula is C20H24O2. The van der Waals surface area contributed by atoms with Crippen LogP contribution in [0.25, 0.3) is 0 Å². The van der Waals surface area contributed by atoms with E-state index in [9.17, 15) is 4.79 Å². The topological polar surface area (TPSA) is 26.3 Å². The van der Waals surface area contributed by atoms with Gasteiger partial charge in [-0.25, -0.2) is 0 Å². The fourth-order valence-electron chi connectivity index (χ4n) is 2.56. The number of hydrogen-bond donors (Lipinski definition) is 0. The van der Waals surface area contributed by atoms with Crippen LogP contribution in [-0.2, 0) is 4.74 Å². The lowest BCUT2D eigenvalue weighted by Gasteiger charge is -2.23. The smallest absolute Gasteiger partial charge is 0.196 e. The Balaban J connectivity index is 2.27. The van der Waals surface area contributed by atoms with Crippen molar-refractivity contribution in [3.8, 4) is 0 Å². The van der Waals surface area contributed by atoms with Gasteiger partial charge in [-0.2, -0.15) is 0 Å². The zero-order chi connectivity index (χ0) is 15.8. The Hall–Kier alpha value is -1.93. The third-order valence-corrected chi connectivity index (χ3v) is 3.79. The van der Waals surface area contributed by atoms with Crippen LogP contribution in [0.1, 0.15) is 55.1 Å². The summed E-state index contributed by atoms with van der Waals surface area (Å²) in [7, 11) is 0. The number of carbonyl (C=O) groups excluding carboxylic acids is 1. The number of carbonyl (C=O) groups is 1. The fraction of sp³-hybridized carbons (Fsp3) is 0.350. The van der Waals surface area contributed by atoms with Gasteiger partial charge in [-0.05, 0) is 18.4 Å². The lowest BCUT2D eigenvalue weighted by Crippen LogP contribution is -2.23. The van der Waals surface area contributed by atoms with E-state index in [4.69, 9.17) is 4.74 Å². The molecule has 2 heteroatoms. The van der Waals surface area contributed by atoms with E-state index in [-0.39, 0.29) is 11.9 Å². The summed E-state index contributed by atoms with van der Waals surface area (Å²) in [6, 6.07) is 19.2. The van der Waals surface area contributed by atoms with Crippen molar-refractivity contribution in [1.82, 2.24) is 0 Å². The first kappa shape index (κ1) is 16.4. The third kappa shape index (κ3) is 4.28. The van der Waals surface area contributed by atoms with Crippen molar-refractivity contribution >= 4 is 5.78 Å². The van der Waals surface area contributed by atoms with Crippen molar-refractivity contribution in [2.45, 2.75) is 45.3 Å². The Morgan fingerprint density at radius 1 is 0.955 bits per heavy atom. The van der Waals surface area contributed by atoms with Gasteiger partial charge in [-0.3, -0.25) is 4.79 Å². The summed E-state index contributed by atoms with van der Waals surface area (Å²) in [4.78, 5) is 12.9. The SMILES string of the molecule is CCCC(CC)OC(C(=O)c1ccccc1)c1ccccc1. The van der Waals surface area contributed by atoms with E-state index in [1.54, 1.807) is 0 Å². The molecule has 2 nitrogen and oxygen atoms in total. The van der Waals surface area contributed by atoms with Gasteiger partial charge >= 0.3 is 0 Å². The van der Waals surface area contributed by atoms with E-state index in [0.717, 1.165) is 24.8 Å². The zero-order valence-corrected chi connectivity index (χ0v) is 13.4. The minimum Gasteiger partial charge on any atom is -0.362 e. The van der Waals surface area contributed by atoms with Crippen LogP contribution in [-0.4, -0.2) is 11.9 Å². The van der Waals surface area contributed by atoms with Gasteiger partial charge in [0, 0.05) is 5.56 Å². The molecule has 0 fully saturated rings. The average Bonchev–Trinajstić information content (AvgIpc) is 2.59. The number of ether oxygens (including phenoxy) is 1. The predicted molar refractivity (Wildman–Crippen MR) is 90.0 cm³/mol. The minimum atomic E-state index is -0.528. The molecule has 0 N–H and O–H groups in total. The van der Waals surface area contributed by atoms with E-state index >= 15 is 0 Å². The normalized spacial score (nSPS) is 13.5. The molecule has 0 saturated carbocycles. The number of rotatable bonds is 8. The molecule has 2 aromatic rings. The van der Waals surface area contributed by atoms with Crippen molar-refractivity contribution in [3.63, 3.8) is 0 Å². The van der Waals surface area contributed by atoms with Crippen LogP contribution < -0.4 is 0 Å². The molecule has 2 rings (SSSR count). The monoisotopic (exact) mass is 296 g/mol. The highest BCUT2D eigenvalue weighted by molar-refractivity contribution is 6.00. The summed E-state index contributed by atoms with van der Waals surface area (Å²) >= 11 is 0. The van der Waals surface area contributed by atoms with Crippen LogP contribution in [0.3, 0.4) is 0 Å². The van der Waals surface area contributed by atoms with Crippen LogP contribution >= 0.6 is 0 Å². The van der Waals surface area contributed by atoms with Crippen LogP contribution in [0.5, 0.6) is 0 Å². The first-order valence-corrected chi connectivity index (χ1v) is 8.05. The van der Waals surface area contributed by atoms with Crippen LogP contribution in [0, 0.1) is 0 Å². The average molecular weight is 296 g/mol. The highest BCUT2D eigenvalue weighted by Gasteiger charge is 2.25. The first-order valence-electron chi connectivity index (χ1n) is 8.05. The first-order chi connectivity index (χ1) is 10.8. The molecule has 0 radical (unpaired) electrons. The molecule has 0 aliphatic heterocycles. The Morgan fingerprint density at radius 3 is 2.09 bits per heavy atom. The van der Waals surface area contributed by atoms with E-state index in [0.29, 0.717) is 5.56 Å². The highest BCUT2D eigenvalue weighted by atomic mass is 16.5. The van der Waals surface area contributed by atoms with Gasteiger partial charge in [0.25, 0.3) is 0 Å². The molecule has 0 aliphatic rings. The second-order valence-corrected chi connectivity index (χ2v) is 5.48. The van der Waals surface area contributed by atoms with E-state index < -0.39 is 6.10 Å². The van der Waals surface area contributed by atoms with E-state index in [2.05, 4.69) is 13.8 Å². The molecule has 0 bridgehead atoms. The molecule has 0 aromatic heterocycles. The van der Waals surface area contributed by atoms with Crippen molar-refractivity contribution in [3.05, 3.63) is 71.8 Å². The summed E-state index contributed by atoms with van der Waals surface area (Å²) in [6.45, 7) is 4.25. The Morgan fingerprint density at radius 2 is 1.55 bits per heavy atom. The summed E-state index contributed by atoms with van der Waals surface area (Å²) < 4.78 is 6.19. The molecule has 2 unspecified atom stereocenters. The van der Waals surface area contributed by atoms with Gasteiger partial charge in [-0.15, -0.1) is 0 Å². The summed E-state index contributed by atoms with van der Waals surface area (Å²) in [5.41, 5.74) is 1.62. The van der Waals surface area contributed by atoms with Gasteiger partial charge in [0.2, 0.25) is 0 Å². The Bertz CT molecular complexity index is 563. The predicted octanol–water partition coefficient (Wildman–Crippen LogP) is 5.21. The third-order valence-electron chi connectivity index (χ3n) is 3.79. The Labute approximate surface area is 133 Å². The van der Waals surface area contributed by atoms with Gasteiger partial charge in [-0.1, -0.05) is 80.9 Å². The van der Waals surface area contributed by atoms with Crippen molar-refractivity contribution in [2.24, 2.45) is 0 Å². The Kier molecular flexibility index (Phi) is 6.35. The maximum absolute atomic E-state index is 12.9. The van der Waals surface area contributed by atoms with Gasteiger partial charge < -0.3 is 4.74 Å². The van der Waals surface area contributed by atoms with Crippen molar-refractivity contribution < 1.29 is 9.53 Å².